The lowest BCUT2D eigenvalue weighted by Crippen LogP contribution is -2.31. The molecule has 3 nitrogen and oxygen atoms in total. The van der Waals surface area contributed by atoms with Crippen LogP contribution in [-0.4, -0.2) is 19.5 Å². The predicted molar refractivity (Wildman–Crippen MR) is 83.9 cm³/mol. The average molecular weight is 274 g/mol. The third kappa shape index (κ3) is 3.40. The van der Waals surface area contributed by atoms with Gasteiger partial charge in [0, 0.05) is 24.7 Å². The first-order valence-corrected chi connectivity index (χ1v) is 7.70. The van der Waals surface area contributed by atoms with Crippen LogP contribution in [0.15, 0.2) is 24.3 Å². The Kier molecular flexibility index (Phi) is 5.18. The molecule has 0 spiro atoms. The molecule has 110 valence electrons. The first-order valence-electron chi connectivity index (χ1n) is 7.70. The molecule has 1 amide bonds. The van der Waals surface area contributed by atoms with Crippen molar-refractivity contribution in [3.63, 3.8) is 0 Å². The van der Waals surface area contributed by atoms with Crippen LogP contribution in [-0.2, 0) is 4.79 Å². The molecule has 1 aliphatic heterocycles. The number of amides is 1. The first-order chi connectivity index (χ1) is 9.63. The lowest BCUT2D eigenvalue weighted by atomic mass is 10.0. The second-order valence-electron chi connectivity index (χ2n) is 6.02. The summed E-state index contributed by atoms with van der Waals surface area (Å²) in [6.07, 6.45) is 3.75. The molecule has 1 aromatic carbocycles. The number of rotatable bonds is 4. The van der Waals surface area contributed by atoms with Gasteiger partial charge in [-0.25, -0.2) is 0 Å². The molecular weight excluding hydrogens is 248 g/mol. The van der Waals surface area contributed by atoms with E-state index in [0.717, 1.165) is 31.5 Å². The third-order valence-electron chi connectivity index (χ3n) is 4.06. The number of carbonyl (C=O) groups excluding carboxylic acids is 1. The highest BCUT2D eigenvalue weighted by atomic mass is 16.2. The summed E-state index contributed by atoms with van der Waals surface area (Å²) in [4.78, 5) is 14.5. The van der Waals surface area contributed by atoms with Gasteiger partial charge in [0.1, 0.15) is 0 Å². The Morgan fingerprint density at radius 1 is 1.40 bits per heavy atom. The van der Waals surface area contributed by atoms with Gasteiger partial charge in [-0.1, -0.05) is 32.0 Å². The van der Waals surface area contributed by atoms with Crippen molar-refractivity contribution in [1.29, 1.82) is 0 Å². The van der Waals surface area contributed by atoms with Crippen LogP contribution in [0, 0.1) is 5.92 Å². The summed E-state index contributed by atoms with van der Waals surface area (Å²) in [6.45, 7) is 5.17. The van der Waals surface area contributed by atoms with E-state index in [-0.39, 0.29) is 5.91 Å². The first kappa shape index (κ1) is 15.0. The van der Waals surface area contributed by atoms with E-state index < -0.39 is 0 Å². The summed E-state index contributed by atoms with van der Waals surface area (Å²) in [5.74, 6) is 0.842. The van der Waals surface area contributed by atoms with E-state index in [1.54, 1.807) is 0 Å². The summed E-state index contributed by atoms with van der Waals surface area (Å²) in [5, 5.41) is 3.37. The molecule has 1 atom stereocenters. The smallest absolute Gasteiger partial charge is 0.226 e. The van der Waals surface area contributed by atoms with Gasteiger partial charge in [-0.2, -0.15) is 0 Å². The maximum absolute atomic E-state index is 12.5. The Hall–Kier alpha value is -1.35. The topological polar surface area (TPSA) is 32.3 Å². The molecule has 0 radical (unpaired) electrons. The maximum Gasteiger partial charge on any atom is 0.226 e. The van der Waals surface area contributed by atoms with Gasteiger partial charge in [-0.05, 0) is 43.9 Å². The number of carbonyl (C=O) groups is 1. The number of para-hydroxylation sites is 1. The molecule has 20 heavy (non-hydrogen) atoms. The standard InChI is InChI=1S/C17H26N2O/c1-13(2)10-11-17(20)19-12-6-8-15(18-3)14-7-4-5-9-16(14)19/h4-5,7,9,13,15,18H,6,8,10-12H2,1-3H3. The molecule has 0 aromatic heterocycles. The third-order valence-corrected chi connectivity index (χ3v) is 4.06. The minimum atomic E-state index is 0.267. The highest BCUT2D eigenvalue weighted by Gasteiger charge is 2.25. The zero-order valence-electron chi connectivity index (χ0n) is 12.9. The van der Waals surface area contributed by atoms with Crippen molar-refractivity contribution < 1.29 is 4.79 Å². The van der Waals surface area contributed by atoms with E-state index in [1.165, 1.54) is 5.56 Å². The zero-order valence-corrected chi connectivity index (χ0v) is 12.9. The van der Waals surface area contributed by atoms with Crippen molar-refractivity contribution in [2.75, 3.05) is 18.5 Å². The summed E-state index contributed by atoms with van der Waals surface area (Å²) in [5.41, 5.74) is 2.35. The Bertz CT molecular complexity index is 456. The van der Waals surface area contributed by atoms with E-state index in [1.807, 2.05) is 18.0 Å². The van der Waals surface area contributed by atoms with Gasteiger partial charge in [0.05, 0.1) is 0 Å². The largest absolute Gasteiger partial charge is 0.313 e. The number of nitrogens with one attached hydrogen (secondary N) is 1. The molecule has 0 fully saturated rings. The molecule has 0 bridgehead atoms. The van der Waals surface area contributed by atoms with Crippen molar-refractivity contribution in [3.8, 4) is 0 Å². The summed E-state index contributed by atoms with van der Waals surface area (Å²) in [6, 6.07) is 8.67. The molecule has 1 aliphatic rings. The highest BCUT2D eigenvalue weighted by molar-refractivity contribution is 5.94. The van der Waals surface area contributed by atoms with E-state index in [9.17, 15) is 4.79 Å². The van der Waals surface area contributed by atoms with Crippen molar-refractivity contribution >= 4 is 11.6 Å². The minimum absolute atomic E-state index is 0.267. The Labute approximate surface area is 122 Å². The van der Waals surface area contributed by atoms with Crippen LogP contribution in [0.4, 0.5) is 5.69 Å². The molecule has 1 aromatic rings. The molecule has 3 heteroatoms. The molecule has 1 N–H and O–H groups in total. The lowest BCUT2D eigenvalue weighted by Gasteiger charge is -2.24. The van der Waals surface area contributed by atoms with Crippen LogP contribution in [0.2, 0.25) is 0 Å². The summed E-state index contributed by atoms with van der Waals surface area (Å²) >= 11 is 0. The maximum atomic E-state index is 12.5. The molecule has 0 saturated carbocycles. The van der Waals surface area contributed by atoms with E-state index in [2.05, 4.69) is 37.4 Å². The fourth-order valence-electron chi connectivity index (χ4n) is 2.86. The fraction of sp³-hybridized carbons (Fsp3) is 0.588. The van der Waals surface area contributed by atoms with Gasteiger partial charge in [-0.3, -0.25) is 4.79 Å². The van der Waals surface area contributed by atoms with E-state index in [4.69, 9.17) is 0 Å². The molecule has 1 heterocycles. The highest BCUT2D eigenvalue weighted by Crippen LogP contribution is 2.33. The van der Waals surface area contributed by atoms with Crippen molar-refractivity contribution in [3.05, 3.63) is 29.8 Å². The zero-order chi connectivity index (χ0) is 14.5. The second kappa shape index (κ2) is 6.89. The van der Waals surface area contributed by atoms with Crippen LogP contribution in [0.3, 0.4) is 0 Å². The number of benzene rings is 1. The average Bonchev–Trinajstić information content (AvgIpc) is 2.64. The monoisotopic (exact) mass is 274 g/mol. The predicted octanol–water partition coefficient (Wildman–Crippen LogP) is 3.51. The SMILES string of the molecule is CNC1CCCN(C(=O)CCC(C)C)c2ccccc21. The molecule has 2 rings (SSSR count). The minimum Gasteiger partial charge on any atom is -0.313 e. The van der Waals surface area contributed by atoms with Crippen molar-refractivity contribution in [2.24, 2.45) is 5.92 Å². The molecule has 0 saturated heterocycles. The van der Waals surface area contributed by atoms with Gasteiger partial charge in [0.2, 0.25) is 5.91 Å². The van der Waals surface area contributed by atoms with Gasteiger partial charge in [0.15, 0.2) is 0 Å². The van der Waals surface area contributed by atoms with Crippen molar-refractivity contribution in [1.82, 2.24) is 5.32 Å². The van der Waals surface area contributed by atoms with Gasteiger partial charge in [0.25, 0.3) is 0 Å². The number of anilines is 1. The summed E-state index contributed by atoms with van der Waals surface area (Å²) in [7, 11) is 2.00. The lowest BCUT2D eigenvalue weighted by molar-refractivity contribution is -0.118. The van der Waals surface area contributed by atoms with Crippen LogP contribution in [0.5, 0.6) is 0 Å². The molecule has 0 aliphatic carbocycles. The van der Waals surface area contributed by atoms with E-state index >= 15 is 0 Å². The Morgan fingerprint density at radius 2 is 2.15 bits per heavy atom. The normalized spacial score (nSPS) is 18.8. The summed E-state index contributed by atoms with van der Waals surface area (Å²) < 4.78 is 0. The van der Waals surface area contributed by atoms with Crippen LogP contribution in [0.1, 0.15) is 51.1 Å². The fourth-order valence-corrected chi connectivity index (χ4v) is 2.86. The number of hydrogen-bond donors (Lipinski definition) is 1. The Balaban J connectivity index is 2.23. The number of fused-ring (bicyclic) bond motifs is 1. The number of nitrogens with zero attached hydrogens (tertiary/aromatic N) is 1. The van der Waals surface area contributed by atoms with Gasteiger partial charge < -0.3 is 10.2 Å². The van der Waals surface area contributed by atoms with Crippen LogP contribution >= 0.6 is 0 Å². The molecular formula is C17H26N2O. The molecule has 1 unspecified atom stereocenters. The van der Waals surface area contributed by atoms with Crippen molar-refractivity contribution in [2.45, 2.75) is 45.6 Å². The van der Waals surface area contributed by atoms with Crippen LogP contribution < -0.4 is 10.2 Å². The van der Waals surface area contributed by atoms with Gasteiger partial charge >= 0.3 is 0 Å². The quantitative estimate of drug-likeness (QED) is 0.911. The Morgan fingerprint density at radius 3 is 2.85 bits per heavy atom. The number of hydrogen-bond acceptors (Lipinski definition) is 2. The van der Waals surface area contributed by atoms with E-state index in [0.29, 0.717) is 18.4 Å². The van der Waals surface area contributed by atoms with Gasteiger partial charge in [-0.15, -0.1) is 0 Å². The van der Waals surface area contributed by atoms with Crippen LogP contribution in [0.25, 0.3) is 0 Å². The second-order valence-corrected chi connectivity index (χ2v) is 6.02.